The lowest BCUT2D eigenvalue weighted by Gasteiger charge is -2.26. The maximum Gasteiger partial charge on any atom is 0.431 e. The van der Waals surface area contributed by atoms with Crippen LogP contribution in [0.1, 0.15) is 0 Å². The van der Waals surface area contributed by atoms with Gasteiger partial charge in [-0.3, -0.25) is 0 Å². The van der Waals surface area contributed by atoms with E-state index in [4.69, 9.17) is 5.73 Å². The molecule has 0 fully saturated rings. The highest BCUT2D eigenvalue weighted by atomic mass is 19.4. The van der Waals surface area contributed by atoms with Gasteiger partial charge in [-0.25, -0.2) is 0 Å². The van der Waals surface area contributed by atoms with Crippen LogP contribution in [0.4, 0.5) is 13.2 Å². The van der Waals surface area contributed by atoms with Crippen LogP contribution in [0.25, 0.3) is 0 Å². The molecule has 6 heteroatoms. The van der Waals surface area contributed by atoms with Crippen LogP contribution in [0.5, 0.6) is 0 Å². The van der Waals surface area contributed by atoms with Crippen molar-refractivity contribution in [1.82, 2.24) is 10.2 Å². The largest absolute Gasteiger partial charge is 0.431 e. The van der Waals surface area contributed by atoms with Gasteiger partial charge >= 0.3 is 6.18 Å². The minimum absolute atomic E-state index is 0.448. The van der Waals surface area contributed by atoms with Crippen LogP contribution in [0.15, 0.2) is 23.5 Å². The standard InChI is InChI=1S/C8H12F3N3/c1-14(2)5-3-6(8(9,10)11)13-7(12)4-5/h3-4,7,13H,12H2,1-2H3/t7-/m1/s1. The summed E-state index contributed by atoms with van der Waals surface area (Å²) in [6.45, 7) is 0. The second-order valence-corrected chi connectivity index (χ2v) is 3.21. The molecule has 3 nitrogen and oxygen atoms in total. The Balaban J connectivity index is 2.95. The van der Waals surface area contributed by atoms with Crippen molar-refractivity contribution < 1.29 is 13.2 Å². The molecule has 3 N–H and O–H groups in total. The van der Waals surface area contributed by atoms with Gasteiger partial charge in [0.15, 0.2) is 0 Å². The van der Waals surface area contributed by atoms with Crippen molar-refractivity contribution in [2.75, 3.05) is 14.1 Å². The number of nitrogens with one attached hydrogen (secondary N) is 1. The maximum absolute atomic E-state index is 12.3. The Morgan fingerprint density at radius 2 is 2.00 bits per heavy atom. The first kappa shape index (κ1) is 10.9. The first-order valence-corrected chi connectivity index (χ1v) is 4.01. The summed E-state index contributed by atoms with van der Waals surface area (Å²) in [5.74, 6) is 0. The molecule has 0 unspecified atom stereocenters. The predicted octanol–water partition coefficient (Wildman–Crippen LogP) is 0.766. The fourth-order valence-electron chi connectivity index (χ4n) is 1.08. The topological polar surface area (TPSA) is 41.3 Å². The fraction of sp³-hybridized carbons (Fsp3) is 0.500. The van der Waals surface area contributed by atoms with Crippen molar-refractivity contribution in [3.05, 3.63) is 23.5 Å². The molecule has 1 heterocycles. The second-order valence-electron chi connectivity index (χ2n) is 3.21. The Labute approximate surface area is 80.1 Å². The van der Waals surface area contributed by atoms with Crippen LogP contribution in [0.2, 0.25) is 0 Å². The van der Waals surface area contributed by atoms with Crippen LogP contribution < -0.4 is 11.1 Å². The summed E-state index contributed by atoms with van der Waals surface area (Å²) in [7, 11) is 3.32. The van der Waals surface area contributed by atoms with Crippen molar-refractivity contribution >= 4 is 0 Å². The Morgan fingerprint density at radius 3 is 2.43 bits per heavy atom. The third-order valence-electron chi connectivity index (χ3n) is 1.79. The fourth-order valence-corrected chi connectivity index (χ4v) is 1.08. The van der Waals surface area contributed by atoms with E-state index in [9.17, 15) is 13.2 Å². The molecule has 0 saturated carbocycles. The normalized spacial score (nSPS) is 22.3. The summed E-state index contributed by atoms with van der Waals surface area (Å²) in [5.41, 5.74) is 5.03. The number of hydrogen-bond donors (Lipinski definition) is 2. The Bertz CT molecular complexity index is 278. The first-order valence-electron chi connectivity index (χ1n) is 4.01. The molecular formula is C8H12F3N3. The SMILES string of the molecule is CN(C)C1=C[C@H](N)NC(C(F)(F)F)=C1. The van der Waals surface area contributed by atoms with Gasteiger partial charge in [0, 0.05) is 19.8 Å². The van der Waals surface area contributed by atoms with Gasteiger partial charge in [-0.05, 0) is 12.2 Å². The minimum atomic E-state index is -4.38. The lowest BCUT2D eigenvalue weighted by molar-refractivity contribution is -0.0977. The van der Waals surface area contributed by atoms with E-state index < -0.39 is 18.0 Å². The van der Waals surface area contributed by atoms with Crippen LogP contribution in [-0.2, 0) is 0 Å². The third kappa shape index (κ3) is 2.41. The van der Waals surface area contributed by atoms with Crippen LogP contribution in [0, 0.1) is 0 Å². The molecule has 0 saturated heterocycles. The maximum atomic E-state index is 12.3. The number of nitrogens with zero attached hydrogens (tertiary/aromatic N) is 1. The van der Waals surface area contributed by atoms with E-state index in [0.717, 1.165) is 6.08 Å². The molecule has 0 aromatic heterocycles. The average molecular weight is 207 g/mol. The molecule has 14 heavy (non-hydrogen) atoms. The van der Waals surface area contributed by atoms with E-state index in [1.807, 2.05) is 0 Å². The average Bonchev–Trinajstić information content (AvgIpc) is 2.01. The number of dihydropyridines is 1. The van der Waals surface area contributed by atoms with Gasteiger partial charge in [0.1, 0.15) is 5.70 Å². The molecule has 1 aliphatic rings. The lowest BCUT2D eigenvalue weighted by Crippen LogP contribution is -2.42. The Hall–Kier alpha value is -1.17. The van der Waals surface area contributed by atoms with E-state index in [0.29, 0.717) is 5.70 Å². The van der Waals surface area contributed by atoms with E-state index in [2.05, 4.69) is 5.32 Å². The van der Waals surface area contributed by atoms with Crippen LogP contribution >= 0.6 is 0 Å². The summed E-state index contributed by atoms with van der Waals surface area (Å²) < 4.78 is 37.0. The van der Waals surface area contributed by atoms with E-state index >= 15 is 0 Å². The number of rotatable bonds is 1. The van der Waals surface area contributed by atoms with Crippen LogP contribution in [-0.4, -0.2) is 31.3 Å². The van der Waals surface area contributed by atoms with Gasteiger partial charge < -0.3 is 16.0 Å². The lowest BCUT2D eigenvalue weighted by atomic mass is 10.2. The smallest absolute Gasteiger partial charge is 0.378 e. The van der Waals surface area contributed by atoms with Crippen molar-refractivity contribution in [2.45, 2.75) is 12.3 Å². The number of likely N-dealkylation sites (N-methyl/N-ethyl adjacent to an activating group) is 1. The molecule has 0 amide bonds. The van der Waals surface area contributed by atoms with Gasteiger partial charge in [0.2, 0.25) is 0 Å². The molecule has 0 aromatic carbocycles. The summed E-state index contributed by atoms with van der Waals surface area (Å²) in [5, 5.41) is 2.15. The highest BCUT2D eigenvalue weighted by Crippen LogP contribution is 2.27. The highest BCUT2D eigenvalue weighted by molar-refractivity contribution is 5.30. The van der Waals surface area contributed by atoms with Crippen molar-refractivity contribution in [3.63, 3.8) is 0 Å². The summed E-state index contributed by atoms with van der Waals surface area (Å²) in [6, 6.07) is 0. The molecule has 1 atom stereocenters. The Kier molecular flexibility index (Phi) is 2.75. The molecule has 1 rings (SSSR count). The van der Waals surface area contributed by atoms with Gasteiger partial charge in [-0.15, -0.1) is 0 Å². The second kappa shape index (κ2) is 3.53. The summed E-state index contributed by atoms with van der Waals surface area (Å²) >= 11 is 0. The number of hydrogen-bond acceptors (Lipinski definition) is 3. The van der Waals surface area contributed by atoms with E-state index in [1.165, 1.54) is 6.08 Å². The summed E-state index contributed by atoms with van der Waals surface area (Å²) in [4.78, 5) is 1.58. The molecule has 0 bridgehead atoms. The molecule has 0 aliphatic carbocycles. The third-order valence-corrected chi connectivity index (χ3v) is 1.79. The zero-order chi connectivity index (χ0) is 10.9. The van der Waals surface area contributed by atoms with E-state index in [-0.39, 0.29) is 0 Å². The summed E-state index contributed by atoms with van der Waals surface area (Å²) in [6.07, 6.45) is -2.62. The van der Waals surface area contributed by atoms with Crippen molar-refractivity contribution in [1.29, 1.82) is 0 Å². The van der Waals surface area contributed by atoms with E-state index in [1.54, 1.807) is 19.0 Å². The zero-order valence-corrected chi connectivity index (χ0v) is 7.89. The van der Waals surface area contributed by atoms with Crippen LogP contribution in [0.3, 0.4) is 0 Å². The molecule has 0 radical (unpaired) electrons. The Morgan fingerprint density at radius 1 is 1.43 bits per heavy atom. The number of alkyl halides is 3. The zero-order valence-electron chi connectivity index (χ0n) is 7.89. The van der Waals surface area contributed by atoms with Gasteiger partial charge in [-0.1, -0.05) is 0 Å². The molecule has 1 aliphatic heterocycles. The number of nitrogens with two attached hydrogens (primary N) is 1. The molecular weight excluding hydrogens is 195 g/mol. The first-order chi connectivity index (χ1) is 6.30. The van der Waals surface area contributed by atoms with Gasteiger partial charge in [0.05, 0.1) is 6.17 Å². The number of halogens is 3. The quantitative estimate of drug-likeness (QED) is 0.667. The molecule has 0 aromatic rings. The molecule has 0 spiro atoms. The predicted molar refractivity (Wildman–Crippen MR) is 47.0 cm³/mol. The van der Waals surface area contributed by atoms with Crippen molar-refractivity contribution in [3.8, 4) is 0 Å². The van der Waals surface area contributed by atoms with Gasteiger partial charge in [0.25, 0.3) is 0 Å². The monoisotopic (exact) mass is 207 g/mol. The minimum Gasteiger partial charge on any atom is -0.378 e. The highest BCUT2D eigenvalue weighted by Gasteiger charge is 2.36. The molecule has 80 valence electrons. The van der Waals surface area contributed by atoms with Crippen molar-refractivity contribution in [2.24, 2.45) is 5.73 Å². The number of allylic oxidation sites excluding steroid dienone is 2. The van der Waals surface area contributed by atoms with Gasteiger partial charge in [-0.2, -0.15) is 13.2 Å².